The number of amides is 1. The molecule has 1 fully saturated rings. The number of aromatic amines is 1. The second-order valence-corrected chi connectivity index (χ2v) is 7.31. The third-order valence-corrected chi connectivity index (χ3v) is 5.17. The predicted octanol–water partition coefficient (Wildman–Crippen LogP) is -0.0500. The van der Waals surface area contributed by atoms with E-state index >= 15 is 0 Å². The summed E-state index contributed by atoms with van der Waals surface area (Å²) in [6.07, 6.45) is 1.72. The van der Waals surface area contributed by atoms with Crippen molar-refractivity contribution in [2.75, 3.05) is 32.7 Å². The van der Waals surface area contributed by atoms with Crippen molar-refractivity contribution in [1.82, 2.24) is 14.9 Å². The zero-order valence-corrected chi connectivity index (χ0v) is 15.0. The molecule has 1 aliphatic rings. The van der Waals surface area contributed by atoms with Crippen molar-refractivity contribution in [2.24, 2.45) is 0 Å². The van der Waals surface area contributed by atoms with Crippen molar-refractivity contribution < 1.29 is 9.69 Å². The van der Waals surface area contributed by atoms with Crippen LogP contribution in [0.4, 0.5) is 0 Å². The van der Waals surface area contributed by atoms with Gasteiger partial charge >= 0.3 is 0 Å². The fourth-order valence-corrected chi connectivity index (χ4v) is 3.71. The minimum absolute atomic E-state index is 0.133. The van der Waals surface area contributed by atoms with Gasteiger partial charge in [0.25, 0.3) is 5.56 Å². The first-order valence-electron chi connectivity index (χ1n) is 8.42. The average Bonchev–Trinajstić information content (AvgIpc) is 2.54. The van der Waals surface area contributed by atoms with Gasteiger partial charge in [0, 0.05) is 11.8 Å². The van der Waals surface area contributed by atoms with Crippen LogP contribution in [-0.2, 0) is 11.2 Å². The fourth-order valence-electron chi connectivity index (χ4n) is 2.80. The van der Waals surface area contributed by atoms with Crippen LogP contribution in [0.5, 0.6) is 0 Å². The predicted molar refractivity (Wildman–Crippen MR) is 92.0 cm³/mol. The summed E-state index contributed by atoms with van der Waals surface area (Å²) >= 11 is 1.34. The van der Waals surface area contributed by atoms with Crippen LogP contribution < -0.4 is 10.5 Å². The van der Waals surface area contributed by atoms with Crippen LogP contribution in [0.3, 0.4) is 0 Å². The number of H-pyrrole nitrogens is 1. The molecule has 128 valence electrons. The highest BCUT2D eigenvalue weighted by Gasteiger charge is 2.27. The fraction of sp³-hybridized carbons (Fsp3) is 0.688. The third-order valence-electron chi connectivity index (χ3n) is 4.20. The number of quaternary nitrogens is 1. The van der Waals surface area contributed by atoms with Crippen LogP contribution >= 0.6 is 11.8 Å². The second kappa shape index (κ2) is 8.49. The molecule has 1 amide bonds. The first kappa shape index (κ1) is 18.0. The molecule has 0 saturated carbocycles. The van der Waals surface area contributed by atoms with Crippen LogP contribution in [0.15, 0.2) is 16.0 Å². The zero-order valence-electron chi connectivity index (χ0n) is 14.2. The number of rotatable bonds is 6. The van der Waals surface area contributed by atoms with E-state index in [1.54, 1.807) is 4.90 Å². The summed E-state index contributed by atoms with van der Waals surface area (Å²) in [5.74, 6) is 0.133. The summed E-state index contributed by atoms with van der Waals surface area (Å²) in [6.45, 7) is 10.9. The summed E-state index contributed by atoms with van der Waals surface area (Å²) in [6, 6.07) is 1.53. The van der Waals surface area contributed by atoms with E-state index in [2.05, 4.69) is 23.8 Å². The molecular formula is C16H27N4O2S+. The molecule has 0 bridgehead atoms. The van der Waals surface area contributed by atoms with Crippen LogP contribution in [0.1, 0.15) is 32.9 Å². The molecular weight excluding hydrogens is 312 g/mol. The van der Waals surface area contributed by atoms with Crippen LogP contribution in [0.25, 0.3) is 0 Å². The van der Waals surface area contributed by atoms with Gasteiger partial charge in [-0.05, 0) is 20.3 Å². The summed E-state index contributed by atoms with van der Waals surface area (Å²) in [4.78, 5) is 34.9. The van der Waals surface area contributed by atoms with Gasteiger partial charge < -0.3 is 14.8 Å². The highest BCUT2D eigenvalue weighted by molar-refractivity contribution is 8.00. The highest BCUT2D eigenvalue weighted by Crippen LogP contribution is 2.20. The van der Waals surface area contributed by atoms with Gasteiger partial charge in [0.05, 0.1) is 38.0 Å². The lowest BCUT2D eigenvalue weighted by molar-refractivity contribution is -0.902. The number of thioether (sulfide) groups is 1. The summed E-state index contributed by atoms with van der Waals surface area (Å²) in [5, 5.41) is 0.304. The molecule has 0 radical (unpaired) electrons. The Morgan fingerprint density at radius 2 is 2.13 bits per heavy atom. The van der Waals surface area contributed by atoms with E-state index in [9.17, 15) is 9.59 Å². The van der Waals surface area contributed by atoms with Crippen LogP contribution in [-0.4, -0.2) is 58.7 Å². The van der Waals surface area contributed by atoms with E-state index < -0.39 is 0 Å². The summed E-state index contributed by atoms with van der Waals surface area (Å²) < 4.78 is 0. The van der Waals surface area contributed by atoms with Gasteiger partial charge in [-0.25, -0.2) is 4.98 Å². The maximum atomic E-state index is 12.6. The standard InChI is InChI=1S/C16H26N4O2S/c1-4-6-13-11-14(21)18-16(17-13)23-12(3)15(22)20-9-7-19(5-2)8-10-20/h11-12H,4-10H2,1-3H3,(H,17,18,21)/p+1/t12-/m0/s1. The molecule has 6 nitrogen and oxygen atoms in total. The van der Waals surface area contributed by atoms with Gasteiger partial charge in [0.2, 0.25) is 5.91 Å². The molecule has 2 rings (SSSR count). The maximum absolute atomic E-state index is 12.6. The molecule has 0 aromatic carbocycles. The summed E-state index contributed by atoms with van der Waals surface area (Å²) in [5.41, 5.74) is 0.643. The Morgan fingerprint density at radius 3 is 2.74 bits per heavy atom. The van der Waals surface area contributed by atoms with Crippen molar-refractivity contribution >= 4 is 17.7 Å². The monoisotopic (exact) mass is 339 g/mol. The van der Waals surface area contributed by atoms with Gasteiger partial charge in [-0.3, -0.25) is 9.59 Å². The van der Waals surface area contributed by atoms with E-state index in [0.717, 1.165) is 51.3 Å². The number of hydrogen-bond acceptors (Lipinski definition) is 4. The highest BCUT2D eigenvalue weighted by atomic mass is 32.2. The average molecular weight is 339 g/mol. The molecule has 1 aromatic heterocycles. The number of hydrogen-bond donors (Lipinski definition) is 2. The van der Waals surface area contributed by atoms with E-state index in [-0.39, 0.29) is 16.7 Å². The SMILES string of the molecule is CCCc1cc(=O)[nH]c(S[C@@H](C)C(=O)N2CC[NH+](CC)CC2)n1. The Labute approximate surface area is 141 Å². The first-order valence-corrected chi connectivity index (χ1v) is 9.30. The number of piperazine rings is 1. The van der Waals surface area contributed by atoms with Gasteiger partial charge in [-0.1, -0.05) is 25.1 Å². The molecule has 23 heavy (non-hydrogen) atoms. The second-order valence-electron chi connectivity index (χ2n) is 5.98. The molecule has 2 N–H and O–H groups in total. The normalized spacial score (nSPS) is 17.3. The van der Waals surface area contributed by atoms with E-state index in [4.69, 9.17) is 0 Å². The van der Waals surface area contributed by atoms with Crippen molar-refractivity contribution in [1.29, 1.82) is 0 Å². The number of nitrogens with zero attached hydrogens (tertiary/aromatic N) is 2. The van der Waals surface area contributed by atoms with Crippen molar-refractivity contribution in [3.8, 4) is 0 Å². The molecule has 2 heterocycles. The van der Waals surface area contributed by atoms with Crippen molar-refractivity contribution in [3.63, 3.8) is 0 Å². The van der Waals surface area contributed by atoms with Crippen molar-refractivity contribution in [2.45, 2.75) is 44.0 Å². The summed E-state index contributed by atoms with van der Waals surface area (Å²) in [7, 11) is 0. The van der Waals surface area contributed by atoms with Gasteiger partial charge in [-0.15, -0.1) is 0 Å². The van der Waals surface area contributed by atoms with Gasteiger partial charge in [-0.2, -0.15) is 0 Å². The lowest BCUT2D eigenvalue weighted by atomic mass is 10.2. The smallest absolute Gasteiger partial charge is 0.251 e. The van der Waals surface area contributed by atoms with Gasteiger partial charge in [0.1, 0.15) is 0 Å². The van der Waals surface area contributed by atoms with E-state index in [0.29, 0.717) is 5.16 Å². The molecule has 1 atom stereocenters. The number of likely N-dealkylation sites (N-methyl/N-ethyl adjacent to an activating group) is 1. The third kappa shape index (κ3) is 5.07. The lowest BCUT2D eigenvalue weighted by Crippen LogP contribution is -3.14. The topological polar surface area (TPSA) is 70.5 Å². The minimum atomic E-state index is -0.238. The number of carbonyl (C=O) groups excluding carboxylic acids is 1. The molecule has 7 heteroatoms. The Kier molecular flexibility index (Phi) is 6.65. The molecule has 1 aliphatic heterocycles. The number of aromatic nitrogens is 2. The zero-order chi connectivity index (χ0) is 16.8. The molecule has 0 unspecified atom stereocenters. The van der Waals surface area contributed by atoms with Crippen molar-refractivity contribution in [3.05, 3.63) is 22.1 Å². The number of nitrogens with one attached hydrogen (secondary N) is 2. The molecule has 1 aromatic rings. The van der Waals surface area contributed by atoms with E-state index in [1.807, 2.05) is 11.8 Å². The Balaban J connectivity index is 1.97. The van der Waals surface area contributed by atoms with Crippen LogP contribution in [0.2, 0.25) is 0 Å². The Morgan fingerprint density at radius 1 is 1.43 bits per heavy atom. The molecule has 0 spiro atoms. The largest absolute Gasteiger partial charge is 0.332 e. The lowest BCUT2D eigenvalue weighted by Gasteiger charge is -2.32. The van der Waals surface area contributed by atoms with Gasteiger partial charge in [0.15, 0.2) is 5.16 Å². The first-order chi connectivity index (χ1) is 11.0. The quantitative estimate of drug-likeness (QED) is 0.563. The van der Waals surface area contributed by atoms with Crippen LogP contribution in [0, 0.1) is 0 Å². The Hall–Kier alpha value is -1.34. The number of carbonyl (C=O) groups is 1. The Bertz CT molecular complexity index is 582. The molecule has 0 aliphatic carbocycles. The van der Waals surface area contributed by atoms with E-state index in [1.165, 1.54) is 17.8 Å². The minimum Gasteiger partial charge on any atom is -0.332 e. The molecule has 1 saturated heterocycles. The maximum Gasteiger partial charge on any atom is 0.251 e. The number of aryl methyl sites for hydroxylation is 1.